The normalized spacial score (nSPS) is 11.6. The fourth-order valence-corrected chi connectivity index (χ4v) is 5.03. The molecule has 0 saturated carbocycles. The average molecular weight is 458 g/mol. The average Bonchev–Trinajstić information content (AvgIpc) is 3.13. The Hall–Kier alpha value is -3.10. The Balaban J connectivity index is 2.05. The van der Waals surface area contributed by atoms with Crippen LogP contribution in [0, 0.1) is 13.8 Å². The van der Waals surface area contributed by atoms with Crippen LogP contribution in [0.4, 0.5) is 0 Å². The fourth-order valence-electron chi connectivity index (χ4n) is 3.38. The molecule has 4 aromatic rings. The van der Waals surface area contributed by atoms with Crippen molar-refractivity contribution in [3.05, 3.63) is 64.9 Å². The Labute approximate surface area is 185 Å². The molecule has 0 atom stereocenters. The molecule has 3 aromatic heterocycles. The molecule has 0 saturated heterocycles. The number of rotatable bonds is 5. The quantitative estimate of drug-likeness (QED) is 0.434. The molecule has 0 fully saturated rings. The standard InChI is InChI=1S/C22H20ClN3O4S/c1-13-5-7-15(8-6-13)31(27,28)26-12-17(20-18(23)11-14(2)24-21(20)26)16-9-10-19(29-3)25-22(16)30-4/h5-12H,1-4H3. The predicted octanol–water partition coefficient (Wildman–Crippen LogP) is 4.62. The van der Waals surface area contributed by atoms with Gasteiger partial charge in [-0.15, -0.1) is 0 Å². The zero-order valence-corrected chi connectivity index (χ0v) is 19.0. The van der Waals surface area contributed by atoms with Gasteiger partial charge in [0.2, 0.25) is 11.8 Å². The number of benzene rings is 1. The monoisotopic (exact) mass is 457 g/mol. The van der Waals surface area contributed by atoms with E-state index in [1.165, 1.54) is 20.4 Å². The van der Waals surface area contributed by atoms with Crippen molar-refractivity contribution in [1.29, 1.82) is 0 Å². The highest BCUT2D eigenvalue weighted by Gasteiger charge is 2.26. The third-order valence-electron chi connectivity index (χ3n) is 4.91. The SMILES string of the molecule is COc1ccc(-c2cn(S(=O)(=O)c3ccc(C)cc3)c3nc(C)cc(Cl)c23)c(OC)n1. The number of hydrogen-bond acceptors (Lipinski definition) is 6. The molecule has 7 nitrogen and oxygen atoms in total. The summed E-state index contributed by atoms with van der Waals surface area (Å²) in [5, 5.41) is 0.876. The number of ether oxygens (including phenoxy) is 2. The predicted molar refractivity (Wildman–Crippen MR) is 120 cm³/mol. The molecule has 1 aromatic carbocycles. The smallest absolute Gasteiger partial charge is 0.269 e. The number of methoxy groups -OCH3 is 2. The summed E-state index contributed by atoms with van der Waals surface area (Å²) >= 11 is 6.57. The molecule has 0 aliphatic rings. The first-order valence-corrected chi connectivity index (χ1v) is 11.2. The first kappa shape index (κ1) is 21.1. The number of aryl methyl sites for hydroxylation is 2. The number of aromatic nitrogens is 3. The van der Waals surface area contributed by atoms with Crippen LogP contribution in [-0.4, -0.2) is 36.6 Å². The van der Waals surface area contributed by atoms with E-state index in [4.69, 9.17) is 21.1 Å². The van der Waals surface area contributed by atoms with E-state index in [0.29, 0.717) is 33.1 Å². The van der Waals surface area contributed by atoms with Crippen LogP contribution in [0.1, 0.15) is 11.3 Å². The minimum absolute atomic E-state index is 0.154. The highest BCUT2D eigenvalue weighted by atomic mass is 35.5. The second-order valence-corrected chi connectivity index (χ2v) is 9.23. The van der Waals surface area contributed by atoms with E-state index >= 15 is 0 Å². The molecule has 0 spiro atoms. The Morgan fingerprint density at radius 1 is 0.935 bits per heavy atom. The molecular formula is C22H20ClN3O4S. The maximum absolute atomic E-state index is 13.5. The summed E-state index contributed by atoms with van der Waals surface area (Å²) in [5.74, 6) is 0.652. The van der Waals surface area contributed by atoms with Crippen molar-refractivity contribution in [2.24, 2.45) is 0 Å². The summed E-state index contributed by atoms with van der Waals surface area (Å²) in [6, 6.07) is 11.8. The van der Waals surface area contributed by atoms with E-state index in [2.05, 4.69) is 9.97 Å². The van der Waals surface area contributed by atoms with Gasteiger partial charge < -0.3 is 9.47 Å². The van der Waals surface area contributed by atoms with Gasteiger partial charge in [-0.25, -0.2) is 17.4 Å². The van der Waals surface area contributed by atoms with E-state index in [9.17, 15) is 8.42 Å². The second kappa shape index (κ2) is 7.86. The van der Waals surface area contributed by atoms with Gasteiger partial charge in [-0.05, 0) is 38.1 Å². The number of nitrogens with zero attached hydrogens (tertiary/aromatic N) is 3. The van der Waals surface area contributed by atoms with Gasteiger partial charge >= 0.3 is 0 Å². The Bertz CT molecular complexity index is 1400. The summed E-state index contributed by atoms with van der Waals surface area (Å²) < 4.78 is 38.8. The van der Waals surface area contributed by atoms with Gasteiger partial charge in [-0.2, -0.15) is 4.98 Å². The summed E-state index contributed by atoms with van der Waals surface area (Å²) in [7, 11) is -0.937. The van der Waals surface area contributed by atoms with Crippen LogP contribution in [-0.2, 0) is 10.0 Å². The van der Waals surface area contributed by atoms with Crippen LogP contribution < -0.4 is 9.47 Å². The van der Waals surface area contributed by atoms with Crippen molar-refractivity contribution < 1.29 is 17.9 Å². The molecule has 0 N–H and O–H groups in total. The van der Waals surface area contributed by atoms with Gasteiger partial charge in [-0.1, -0.05) is 29.3 Å². The minimum Gasteiger partial charge on any atom is -0.481 e. The lowest BCUT2D eigenvalue weighted by molar-refractivity contribution is 0.366. The molecule has 0 unspecified atom stereocenters. The van der Waals surface area contributed by atoms with Crippen molar-refractivity contribution in [2.75, 3.05) is 14.2 Å². The molecule has 4 rings (SSSR count). The second-order valence-electron chi connectivity index (χ2n) is 7.01. The van der Waals surface area contributed by atoms with Gasteiger partial charge in [0.25, 0.3) is 10.0 Å². The summed E-state index contributed by atoms with van der Waals surface area (Å²) in [4.78, 5) is 8.96. The molecule has 3 heterocycles. The van der Waals surface area contributed by atoms with E-state index < -0.39 is 10.0 Å². The maximum Gasteiger partial charge on any atom is 0.269 e. The Kier molecular flexibility index (Phi) is 5.36. The molecule has 9 heteroatoms. The third-order valence-corrected chi connectivity index (χ3v) is 6.87. The number of halogens is 1. The van der Waals surface area contributed by atoms with Crippen LogP contribution in [0.15, 0.2) is 53.6 Å². The van der Waals surface area contributed by atoms with Gasteiger partial charge in [0.15, 0.2) is 5.65 Å². The molecular weight excluding hydrogens is 438 g/mol. The molecule has 31 heavy (non-hydrogen) atoms. The van der Waals surface area contributed by atoms with E-state index in [0.717, 1.165) is 9.54 Å². The van der Waals surface area contributed by atoms with Gasteiger partial charge in [-0.3, -0.25) is 0 Å². The van der Waals surface area contributed by atoms with Gasteiger partial charge in [0, 0.05) is 34.5 Å². The number of fused-ring (bicyclic) bond motifs is 1. The first-order chi connectivity index (χ1) is 14.8. The first-order valence-electron chi connectivity index (χ1n) is 9.36. The zero-order chi connectivity index (χ0) is 22.3. The van der Waals surface area contributed by atoms with Crippen molar-refractivity contribution >= 4 is 32.7 Å². The Morgan fingerprint density at radius 3 is 2.29 bits per heavy atom. The highest BCUT2D eigenvalue weighted by molar-refractivity contribution is 7.90. The third kappa shape index (κ3) is 3.62. The van der Waals surface area contributed by atoms with Crippen LogP contribution >= 0.6 is 11.6 Å². The van der Waals surface area contributed by atoms with Crippen molar-refractivity contribution in [1.82, 2.24) is 13.9 Å². The summed E-state index contributed by atoms with van der Waals surface area (Å²) in [5.41, 5.74) is 2.90. The summed E-state index contributed by atoms with van der Waals surface area (Å²) in [6.45, 7) is 3.66. The van der Waals surface area contributed by atoms with Crippen molar-refractivity contribution in [3.63, 3.8) is 0 Å². The van der Waals surface area contributed by atoms with Gasteiger partial charge in [0.1, 0.15) is 0 Å². The van der Waals surface area contributed by atoms with Crippen LogP contribution in [0.2, 0.25) is 5.02 Å². The van der Waals surface area contributed by atoms with E-state index in [1.807, 2.05) is 6.92 Å². The molecule has 0 aliphatic heterocycles. The minimum atomic E-state index is -3.93. The molecule has 0 aliphatic carbocycles. The number of hydrogen-bond donors (Lipinski definition) is 0. The Morgan fingerprint density at radius 2 is 1.65 bits per heavy atom. The fraction of sp³-hybridized carbons (Fsp3) is 0.182. The zero-order valence-electron chi connectivity index (χ0n) is 17.4. The number of pyridine rings is 2. The van der Waals surface area contributed by atoms with Crippen molar-refractivity contribution in [3.8, 4) is 22.9 Å². The molecule has 0 bridgehead atoms. The van der Waals surface area contributed by atoms with E-state index in [-0.39, 0.29) is 16.4 Å². The topological polar surface area (TPSA) is 83.3 Å². The van der Waals surface area contributed by atoms with E-state index in [1.54, 1.807) is 49.4 Å². The summed E-state index contributed by atoms with van der Waals surface area (Å²) in [6.07, 6.45) is 1.50. The molecule has 0 radical (unpaired) electrons. The highest BCUT2D eigenvalue weighted by Crippen LogP contribution is 2.40. The van der Waals surface area contributed by atoms with Gasteiger partial charge in [0.05, 0.1) is 24.1 Å². The lowest BCUT2D eigenvalue weighted by Crippen LogP contribution is -2.12. The molecule has 0 amide bonds. The lowest BCUT2D eigenvalue weighted by atomic mass is 10.1. The van der Waals surface area contributed by atoms with Crippen LogP contribution in [0.25, 0.3) is 22.2 Å². The van der Waals surface area contributed by atoms with Crippen molar-refractivity contribution in [2.45, 2.75) is 18.7 Å². The largest absolute Gasteiger partial charge is 0.481 e. The van der Waals surface area contributed by atoms with Crippen LogP contribution in [0.5, 0.6) is 11.8 Å². The lowest BCUT2D eigenvalue weighted by Gasteiger charge is -2.08. The van der Waals surface area contributed by atoms with Crippen LogP contribution in [0.3, 0.4) is 0 Å². The maximum atomic E-state index is 13.5. The molecule has 160 valence electrons.